The summed E-state index contributed by atoms with van der Waals surface area (Å²) in [5, 5.41) is 0. The second-order valence-electron chi connectivity index (χ2n) is 10.4. The average Bonchev–Trinajstić information content (AvgIpc) is 3.35. The quantitative estimate of drug-likeness (QED) is 0.384. The zero-order chi connectivity index (χ0) is 27.4. The van der Waals surface area contributed by atoms with Crippen molar-refractivity contribution in [2.75, 3.05) is 18.6 Å². The Labute approximate surface area is 224 Å². The highest BCUT2D eigenvalue weighted by Crippen LogP contribution is 2.36. The van der Waals surface area contributed by atoms with Gasteiger partial charge in [-0.2, -0.15) is 0 Å². The third kappa shape index (κ3) is 3.96. The van der Waals surface area contributed by atoms with Crippen molar-refractivity contribution in [1.29, 1.82) is 0 Å². The maximum absolute atomic E-state index is 14.1. The smallest absolute Gasteiger partial charge is 0.338 e. The summed E-state index contributed by atoms with van der Waals surface area (Å²) >= 11 is 1.16. The molecule has 1 aromatic heterocycles. The van der Waals surface area contributed by atoms with Crippen LogP contribution in [0.3, 0.4) is 0 Å². The van der Waals surface area contributed by atoms with E-state index in [1.54, 1.807) is 17.9 Å². The molecule has 3 aromatic rings. The van der Waals surface area contributed by atoms with E-state index in [2.05, 4.69) is 32.3 Å². The number of carbonyl (C=O) groups is 2. The fraction of sp³-hybridized carbons (Fsp3) is 0.267. The molecule has 2 aliphatic heterocycles. The number of hydrogen-bond donors (Lipinski definition) is 0. The number of benzene rings is 2. The molecule has 0 N–H and O–H groups in total. The van der Waals surface area contributed by atoms with Gasteiger partial charge in [0.05, 0.1) is 35.7 Å². The molecule has 0 bridgehead atoms. The summed E-state index contributed by atoms with van der Waals surface area (Å²) in [5.74, 6) is -0.806. The highest BCUT2D eigenvalue weighted by molar-refractivity contribution is 7.07. The highest BCUT2D eigenvalue weighted by Gasteiger charge is 2.37. The Balaban J connectivity index is 1.80. The molecule has 0 spiro atoms. The molecule has 0 saturated carbocycles. The molecule has 0 saturated heterocycles. The van der Waals surface area contributed by atoms with Crippen LogP contribution in [0.4, 0.5) is 5.69 Å². The standard InChI is InChI=1S/C30H29N3O4S/c1-7-16-32-21-11-9-8-10-20(21)23(26(32)34)25-27(35)33-24(18-12-14-19(15-13-18)30(3,4)5)22(28(36)37-6)17(2)31-29(33)38-25/h7-15,24H,1,16H2,2-6H3/b25-23-/t24-/m1/s1. The minimum atomic E-state index is -0.738. The zero-order valence-corrected chi connectivity index (χ0v) is 22.9. The monoisotopic (exact) mass is 527 g/mol. The first-order chi connectivity index (χ1) is 18.1. The van der Waals surface area contributed by atoms with Crippen molar-refractivity contribution >= 4 is 34.5 Å². The lowest BCUT2D eigenvalue weighted by Gasteiger charge is -2.25. The molecule has 3 heterocycles. The van der Waals surface area contributed by atoms with E-state index in [0.29, 0.717) is 38.3 Å². The van der Waals surface area contributed by atoms with Crippen LogP contribution in [-0.2, 0) is 19.7 Å². The van der Waals surface area contributed by atoms with Gasteiger partial charge in [0.2, 0.25) is 0 Å². The summed E-state index contributed by atoms with van der Waals surface area (Å²) in [4.78, 5) is 47.3. The van der Waals surface area contributed by atoms with Crippen LogP contribution in [-0.4, -0.2) is 30.1 Å². The molecular weight excluding hydrogens is 498 g/mol. The number of carbonyl (C=O) groups excluding carboxylic acids is 2. The van der Waals surface area contributed by atoms with Gasteiger partial charge < -0.3 is 9.64 Å². The van der Waals surface area contributed by atoms with Crippen molar-refractivity contribution < 1.29 is 14.3 Å². The summed E-state index contributed by atoms with van der Waals surface area (Å²) < 4.78 is 6.92. The minimum absolute atomic E-state index is 0.0565. The van der Waals surface area contributed by atoms with Gasteiger partial charge in [0.15, 0.2) is 4.80 Å². The number of ether oxygens (including phenoxy) is 1. The van der Waals surface area contributed by atoms with Crippen LogP contribution in [0, 0.1) is 0 Å². The molecule has 5 rings (SSSR count). The van der Waals surface area contributed by atoms with Crippen LogP contribution in [0.25, 0.3) is 5.57 Å². The lowest BCUT2D eigenvalue weighted by atomic mass is 9.85. The average molecular weight is 528 g/mol. The normalized spacial score (nSPS) is 18.2. The molecule has 0 fully saturated rings. The van der Waals surface area contributed by atoms with Gasteiger partial charge in [-0.25, -0.2) is 9.79 Å². The summed E-state index contributed by atoms with van der Waals surface area (Å²) in [5.41, 5.74) is 4.01. The van der Waals surface area contributed by atoms with E-state index in [9.17, 15) is 14.4 Å². The van der Waals surface area contributed by atoms with E-state index in [1.807, 2.05) is 48.5 Å². The summed E-state index contributed by atoms with van der Waals surface area (Å²) in [6, 6.07) is 14.6. The number of esters is 1. The predicted octanol–water partition coefficient (Wildman–Crippen LogP) is 3.61. The number of anilines is 1. The molecule has 38 heavy (non-hydrogen) atoms. The summed E-state index contributed by atoms with van der Waals surface area (Å²) in [7, 11) is 1.32. The molecule has 1 amide bonds. The first-order valence-electron chi connectivity index (χ1n) is 12.3. The van der Waals surface area contributed by atoms with E-state index in [0.717, 1.165) is 28.2 Å². The number of thiazole rings is 1. The number of rotatable bonds is 4. The number of nitrogens with zero attached hydrogens (tertiary/aromatic N) is 3. The van der Waals surface area contributed by atoms with Gasteiger partial charge in [-0.15, -0.1) is 6.58 Å². The fourth-order valence-corrected chi connectivity index (χ4v) is 6.17. The van der Waals surface area contributed by atoms with Crippen LogP contribution in [0.1, 0.15) is 50.4 Å². The minimum Gasteiger partial charge on any atom is -0.466 e. The van der Waals surface area contributed by atoms with Crippen molar-refractivity contribution in [3.63, 3.8) is 0 Å². The predicted molar refractivity (Wildman–Crippen MR) is 149 cm³/mol. The van der Waals surface area contributed by atoms with Gasteiger partial charge >= 0.3 is 5.97 Å². The third-order valence-electron chi connectivity index (χ3n) is 6.96. The van der Waals surface area contributed by atoms with Crippen molar-refractivity contribution in [3.8, 4) is 0 Å². The SMILES string of the molecule is C=CCN1C(=O)/C(=c2\sc3n(c2=O)[C@H](c2ccc(C(C)(C)C)cc2)C(C(=O)OC)=C(C)N=3)c2ccccc21. The Kier molecular flexibility index (Phi) is 6.31. The van der Waals surface area contributed by atoms with E-state index in [-0.39, 0.29) is 16.9 Å². The number of fused-ring (bicyclic) bond motifs is 2. The number of allylic oxidation sites excluding steroid dienone is 1. The van der Waals surface area contributed by atoms with Crippen LogP contribution in [0.15, 0.2) is 82.2 Å². The summed E-state index contributed by atoms with van der Waals surface area (Å²) in [6.45, 7) is 12.2. The molecule has 1 atom stereocenters. The maximum Gasteiger partial charge on any atom is 0.338 e. The number of para-hydroxylation sites is 1. The van der Waals surface area contributed by atoms with Crippen LogP contribution < -0.4 is 19.8 Å². The van der Waals surface area contributed by atoms with E-state index >= 15 is 0 Å². The molecule has 8 heteroatoms. The fourth-order valence-electron chi connectivity index (χ4n) is 5.03. The van der Waals surface area contributed by atoms with Gasteiger partial charge in [-0.05, 0) is 29.5 Å². The van der Waals surface area contributed by atoms with E-state index < -0.39 is 12.0 Å². The van der Waals surface area contributed by atoms with E-state index in [4.69, 9.17) is 4.74 Å². The maximum atomic E-state index is 14.1. The van der Waals surface area contributed by atoms with Crippen molar-refractivity contribution in [2.45, 2.75) is 39.2 Å². The molecule has 2 aromatic carbocycles. The van der Waals surface area contributed by atoms with Gasteiger partial charge in [-0.3, -0.25) is 14.2 Å². The van der Waals surface area contributed by atoms with Crippen LogP contribution in [0.5, 0.6) is 0 Å². The highest BCUT2D eigenvalue weighted by atomic mass is 32.1. The van der Waals surface area contributed by atoms with Crippen molar-refractivity contribution in [2.24, 2.45) is 4.99 Å². The molecular formula is C30H29N3O4S. The van der Waals surface area contributed by atoms with Gasteiger partial charge in [0.25, 0.3) is 11.5 Å². The number of methoxy groups -OCH3 is 1. The molecule has 0 radical (unpaired) electrons. The van der Waals surface area contributed by atoms with Gasteiger partial charge in [0, 0.05) is 12.1 Å². The lowest BCUT2D eigenvalue weighted by molar-refractivity contribution is -0.136. The Morgan fingerprint density at radius 3 is 2.45 bits per heavy atom. The number of amides is 1. The van der Waals surface area contributed by atoms with Crippen LogP contribution in [0.2, 0.25) is 0 Å². The number of hydrogen-bond acceptors (Lipinski definition) is 6. The van der Waals surface area contributed by atoms with Gasteiger partial charge in [0.1, 0.15) is 4.53 Å². The Hall–Kier alpha value is -4.04. The first kappa shape index (κ1) is 25.6. The largest absolute Gasteiger partial charge is 0.466 e. The van der Waals surface area contributed by atoms with Gasteiger partial charge in [-0.1, -0.05) is 80.6 Å². The topological polar surface area (TPSA) is 81.0 Å². The lowest BCUT2D eigenvalue weighted by Crippen LogP contribution is -2.40. The second kappa shape index (κ2) is 9.36. The van der Waals surface area contributed by atoms with Crippen molar-refractivity contribution in [1.82, 2.24) is 4.57 Å². The second-order valence-corrected chi connectivity index (χ2v) is 11.3. The van der Waals surface area contributed by atoms with Crippen molar-refractivity contribution in [3.05, 3.63) is 109 Å². The molecule has 0 aliphatic carbocycles. The Morgan fingerprint density at radius 2 is 1.82 bits per heavy atom. The molecule has 7 nitrogen and oxygen atoms in total. The third-order valence-corrected chi connectivity index (χ3v) is 8.01. The van der Waals surface area contributed by atoms with E-state index in [1.165, 1.54) is 11.7 Å². The molecule has 194 valence electrons. The molecule has 0 unspecified atom stereocenters. The van der Waals surface area contributed by atoms with Crippen LogP contribution >= 0.6 is 11.3 Å². The Morgan fingerprint density at radius 1 is 1.13 bits per heavy atom. The Bertz CT molecular complexity index is 1700. The zero-order valence-electron chi connectivity index (χ0n) is 22.1. The first-order valence-corrected chi connectivity index (χ1v) is 13.2. The summed E-state index contributed by atoms with van der Waals surface area (Å²) in [6.07, 6.45) is 1.66. The molecule has 2 aliphatic rings. The number of aromatic nitrogens is 1.